The van der Waals surface area contributed by atoms with Gasteiger partial charge in [-0.15, -0.1) is 0 Å². The van der Waals surface area contributed by atoms with Crippen molar-refractivity contribution in [1.82, 2.24) is 15.5 Å². The minimum atomic E-state index is -0.205. The summed E-state index contributed by atoms with van der Waals surface area (Å²) in [5.41, 5.74) is 1.06. The quantitative estimate of drug-likeness (QED) is 0.717. The fourth-order valence-electron chi connectivity index (χ4n) is 2.63. The van der Waals surface area contributed by atoms with Gasteiger partial charge in [-0.2, -0.15) is 0 Å². The van der Waals surface area contributed by atoms with Crippen molar-refractivity contribution in [3.63, 3.8) is 0 Å². The van der Waals surface area contributed by atoms with Crippen LogP contribution in [-0.4, -0.2) is 52.3 Å². The number of nitrogens with zero attached hydrogens (tertiary/aromatic N) is 1. The second kappa shape index (κ2) is 9.72. The Morgan fingerprint density at radius 1 is 1.15 bits per heavy atom. The number of rotatable bonds is 9. The summed E-state index contributed by atoms with van der Waals surface area (Å²) in [5, 5.41) is 5.75. The molecule has 0 radical (unpaired) electrons. The fraction of sp³-hybridized carbons (Fsp3) is 0.421. The molecule has 2 N–H and O–H groups in total. The lowest BCUT2D eigenvalue weighted by Gasteiger charge is -2.22. The number of furan rings is 1. The van der Waals surface area contributed by atoms with E-state index >= 15 is 0 Å². The lowest BCUT2D eigenvalue weighted by Crippen LogP contribution is -2.41. The third-order valence-electron chi connectivity index (χ3n) is 4.10. The van der Waals surface area contributed by atoms with E-state index in [-0.39, 0.29) is 12.1 Å². The molecule has 0 fully saturated rings. The molecule has 1 unspecified atom stereocenters. The topological polar surface area (TPSA) is 76.0 Å². The zero-order chi connectivity index (χ0) is 18.9. The number of hydrogen-bond acceptors (Lipinski definition) is 5. The molecule has 2 aromatic rings. The average Bonchev–Trinajstić information content (AvgIpc) is 3.15. The lowest BCUT2D eigenvalue weighted by molar-refractivity contribution is 0.225. The molecular weight excluding hydrogens is 334 g/mol. The number of carbonyl (C=O) groups is 1. The van der Waals surface area contributed by atoms with E-state index in [1.165, 1.54) is 0 Å². The summed E-state index contributed by atoms with van der Waals surface area (Å²) in [7, 11) is 7.11. The minimum Gasteiger partial charge on any atom is -0.493 e. The second-order valence-electron chi connectivity index (χ2n) is 6.07. The van der Waals surface area contributed by atoms with Gasteiger partial charge in [-0.25, -0.2) is 4.79 Å². The molecule has 142 valence electrons. The second-order valence-corrected chi connectivity index (χ2v) is 6.07. The van der Waals surface area contributed by atoms with E-state index in [2.05, 4.69) is 10.6 Å². The Balaban J connectivity index is 1.78. The van der Waals surface area contributed by atoms with Gasteiger partial charge in [0.05, 0.1) is 26.5 Å². The highest BCUT2D eigenvalue weighted by Crippen LogP contribution is 2.27. The number of nitrogens with one attached hydrogen (secondary N) is 2. The van der Waals surface area contributed by atoms with Crippen LogP contribution < -0.4 is 20.1 Å². The predicted octanol–water partition coefficient (Wildman–Crippen LogP) is 2.44. The molecule has 0 saturated heterocycles. The summed E-state index contributed by atoms with van der Waals surface area (Å²) < 4.78 is 15.9. The molecular formula is C19H27N3O4. The number of amides is 2. The highest BCUT2D eigenvalue weighted by molar-refractivity contribution is 5.73. The van der Waals surface area contributed by atoms with Crippen LogP contribution in [0.1, 0.15) is 17.4 Å². The van der Waals surface area contributed by atoms with Gasteiger partial charge < -0.3 is 24.5 Å². The van der Waals surface area contributed by atoms with Gasteiger partial charge in [-0.05, 0) is 50.3 Å². The Labute approximate surface area is 154 Å². The molecule has 0 aliphatic heterocycles. The van der Waals surface area contributed by atoms with Crippen molar-refractivity contribution in [2.45, 2.75) is 12.5 Å². The van der Waals surface area contributed by atoms with Gasteiger partial charge in [-0.1, -0.05) is 6.07 Å². The van der Waals surface area contributed by atoms with Gasteiger partial charge >= 0.3 is 6.03 Å². The Bertz CT molecular complexity index is 686. The molecule has 7 heteroatoms. The molecule has 26 heavy (non-hydrogen) atoms. The lowest BCUT2D eigenvalue weighted by atomic mass is 10.1. The third-order valence-corrected chi connectivity index (χ3v) is 4.10. The van der Waals surface area contributed by atoms with E-state index in [9.17, 15) is 4.79 Å². The van der Waals surface area contributed by atoms with Crippen molar-refractivity contribution < 1.29 is 18.7 Å². The molecule has 2 rings (SSSR count). The largest absolute Gasteiger partial charge is 0.493 e. The number of ether oxygens (including phenoxy) is 2. The summed E-state index contributed by atoms with van der Waals surface area (Å²) in [6.45, 7) is 0.984. The van der Waals surface area contributed by atoms with Crippen LogP contribution in [0.4, 0.5) is 4.79 Å². The van der Waals surface area contributed by atoms with Crippen LogP contribution in [0.2, 0.25) is 0 Å². The highest BCUT2D eigenvalue weighted by atomic mass is 16.5. The van der Waals surface area contributed by atoms with Crippen molar-refractivity contribution in [1.29, 1.82) is 0 Å². The van der Waals surface area contributed by atoms with Crippen LogP contribution in [0.25, 0.3) is 0 Å². The van der Waals surface area contributed by atoms with Crippen molar-refractivity contribution in [2.24, 2.45) is 0 Å². The van der Waals surface area contributed by atoms with E-state index in [0.29, 0.717) is 31.0 Å². The maximum Gasteiger partial charge on any atom is 0.314 e. The van der Waals surface area contributed by atoms with E-state index in [1.54, 1.807) is 20.5 Å². The Hall–Kier alpha value is -2.67. The van der Waals surface area contributed by atoms with E-state index in [0.717, 1.165) is 11.3 Å². The average molecular weight is 361 g/mol. The monoisotopic (exact) mass is 361 g/mol. The highest BCUT2D eigenvalue weighted by Gasteiger charge is 2.17. The Kier molecular flexibility index (Phi) is 7.35. The van der Waals surface area contributed by atoms with Crippen LogP contribution in [0, 0.1) is 0 Å². The molecule has 0 saturated carbocycles. The van der Waals surface area contributed by atoms with Crippen molar-refractivity contribution in [3.8, 4) is 11.5 Å². The van der Waals surface area contributed by atoms with Gasteiger partial charge in [0.15, 0.2) is 11.5 Å². The number of methoxy groups -OCH3 is 2. The van der Waals surface area contributed by atoms with Crippen molar-refractivity contribution >= 4 is 6.03 Å². The molecule has 1 aromatic heterocycles. The first-order valence-corrected chi connectivity index (χ1v) is 8.47. The molecule has 1 heterocycles. The van der Waals surface area contributed by atoms with Gasteiger partial charge in [0.2, 0.25) is 0 Å². The zero-order valence-electron chi connectivity index (χ0n) is 15.7. The minimum absolute atomic E-state index is 0.0124. The first-order valence-electron chi connectivity index (χ1n) is 8.47. The standard InChI is InChI=1S/C19H27N3O4/c1-22(2)15(16-6-5-11-26-16)13-21-19(23)20-10-9-14-7-8-17(24-3)18(12-14)25-4/h5-8,11-12,15H,9-10,13H2,1-4H3,(H2,20,21,23). The normalized spacial score (nSPS) is 11.9. The van der Waals surface area contributed by atoms with E-state index in [4.69, 9.17) is 13.9 Å². The van der Waals surface area contributed by atoms with E-state index in [1.807, 2.05) is 49.3 Å². The van der Waals surface area contributed by atoms with E-state index < -0.39 is 0 Å². The van der Waals surface area contributed by atoms with Crippen molar-refractivity contribution in [2.75, 3.05) is 41.4 Å². The summed E-state index contributed by atoms with van der Waals surface area (Å²) in [5.74, 6) is 2.19. The molecule has 1 atom stereocenters. The molecule has 1 aromatic carbocycles. The first kappa shape index (κ1) is 19.7. The number of urea groups is 1. The molecule has 0 aliphatic rings. The summed E-state index contributed by atoms with van der Waals surface area (Å²) >= 11 is 0. The first-order chi connectivity index (χ1) is 12.5. The number of benzene rings is 1. The van der Waals surface area contributed by atoms with Gasteiger partial charge in [0, 0.05) is 13.1 Å². The molecule has 0 spiro atoms. The van der Waals surface area contributed by atoms with Gasteiger partial charge in [0.25, 0.3) is 0 Å². The van der Waals surface area contributed by atoms with Crippen LogP contribution >= 0.6 is 0 Å². The van der Waals surface area contributed by atoms with Crippen LogP contribution in [-0.2, 0) is 6.42 Å². The SMILES string of the molecule is COc1ccc(CCNC(=O)NCC(c2ccco2)N(C)C)cc1OC. The van der Waals surface area contributed by atoms with Crippen molar-refractivity contribution in [3.05, 3.63) is 47.9 Å². The smallest absolute Gasteiger partial charge is 0.314 e. The number of carbonyl (C=O) groups excluding carboxylic acids is 1. The summed E-state index contributed by atoms with van der Waals surface area (Å²) in [6.07, 6.45) is 2.33. The fourth-order valence-corrected chi connectivity index (χ4v) is 2.63. The van der Waals surface area contributed by atoms with Gasteiger partial charge in [-0.3, -0.25) is 4.90 Å². The molecule has 2 amide bonds. The molecule has 0 bridgehead atoms. The maximum absolute atomic E-state index is 12.0. The maximum atomic E-state index is 12.0. The summed E-state index contributed by atoms with van der Waals surface area (Å²) in [4.78, 5) is 14.0. The zero-order valence-corrected chi connectivity index (χ0v) is 15.7. The third kappa shape index (κ3) is 5.42. The Morgan fingerprint density at radius 3 is 2.54 bits per heavy atom. The Morgan fingerprint density at radius 2 is 1.92 bits per heavy atom. The molecule has 7 nitrogen and oxygen atoms in total. The summed E-state index contributed by atoms with van der Waals surface area (Å²) in [6, 6.07) is 9.26. The predicted molar refractivity (Wildman–Crippen MR) is 99.8 cm³/mol. The van der Waals surface area contributed by atoms with Gasteiger partial charge in [0.1, 0.15) is 5.76 Å². The van der Waals surface area contributed by atoms with Crippen LogP contribution in [0.3, 0.4) is 0 Å². The number of hydrogen-bond donors (Lipinski definition) is 2. The molecule has 0 aliphatic carbocycles. The van der Waals surface area contributed by atoms with Crippen LogP contribution in [0.15, 0.2) is 41.0 Å². The van der Waals surface area contributed by atoms with Crippen LogP contribution in [0.5, 0.6) is 11.5 Å². The number of likely N-dealkylation sites (N-methyl/N-ethyl adjacent to an activating group) is 1.